The first kappa shape index (κ1) is 24.6. The first-order valence-corrected chi connectivity index (χ1v) is 8.62. The van der Waals surface area contributed by atoms with Crippen molar-refractivity contribution in [2.24, 2.45) is 4.99 Å². The minimum Gasteiger partial charge on any atom is -0.392 e. The zero-order valence-electron chi connectivity index (χ0n) is 16.0. The van der Waals surface area contributed by atoms with Gasteiger partial charge in [0, 0.05) is 32.2 Å². The van der Waals surface area contributed by atoms with Gasteiger partial charge in [-0.3, -0.25) is 4.79 Å². The van der Waals surface area contributed by atoms with Gasteiger partial charge in [-0.1, -0.05) is 6.07 Å². The van der Waals surface area contributed by atoms with Crippen LogP contribution in [0.25, 0.3) is 0 Å². The quantitative estimate of drug-likeness (QED) is 0.340. The fourth-order valence-corrected chi connectivity index (χ4v) is 2.44. The van der Waals surface area contributed by atoms with Gasteiger partial charge in [-0.15, -0.1) is 24.0 Å². The number of aliphatic hydroxyl groups is 1. The van der Waals surface area contributed by atoms with E-state index < -0.39 is 5.82 Å². The Labute approximate surface area is 172 Å². The first-order chi connectivity index (χ1) is 12.0. The maximum atomic E-state index is 13.4. The predicted molar refractivity (Wildman–Crippen MR) is 113 cm³/mol. The molecule has 0 fully saturated rings. The van der Waals surface area contributed by atoms with Crippen molar-refractivity contribution >= 4 is 35.8 Å². The zero-order chi connectivity index (χ0) is 18.8. The summed E-state index contributed by atoms with van der Waals surface area (Å²) in [6, 6.07) is 4.57. The highest BCUT2D eigenvalue weighted by atomic mass is 127. The van der Waals surface area contributed by atoms with E-state index in [4.69, 9.17) is 5.11 Å². The van der Waals surface area contributed by atoms with Crippen LogP contribution in [-0.2, 0) is 17.9 Å². The van der Waals surface area contributed by atoms with Crippen LogP contribution in [0.3, 0.4) is 0 Å². The smallest absolute Gasteiger partial charge is 0.242 e. The highest BCUT2D eigenvalue weighted by Crippen LogP contribution is 2.11. The fourth-order valence-electron chi connectivity index (χ4n) is 2.44. The second kappa shape index (κ2) is 12.9. The molecular formula is C18H30FIN4O2. The normalized spacial score (nSPS) is 10.9. The third-order valence-corrected chi connectivity index (χ3v) is 3.88. The lowest BCUT2D eigenvalue weighted by Crippen LogP contribution is -2.45. The number of rotatable bonds is 8. The number of aliphatic hydroxyl groups excluding tert-OH is 1. The maximum Gasteiger partial charge on any atom is 0.242 e. The van der Waals surface area contributed by atoms with Crippen LogP contribution in [0.2, 0.25) is 0 Å². The van der Waals surface area contributed by atoms with Gasteiger partial charge in [0.15, 0.2) is 5.96 Å². The van der Waals surface area contributed by atoms with Crippen LogP contribution >= 0.6 is 24.0 Å². The Balaban J connectivity index is 0.00000625. The molecule has 0 saturated heterocycles. The molecule has 0 aliphatic rings. The number of likely N-dealkylation sites (N-methyl/N-ethyl adjacent to an activating group) is 2. The van der Waals surface area contributed by atoms with Gasteiger partial charge in [0.25, 0.3) is 0 Å². The van der Waals surface area contributed by atoms with Crippen molar-refractivity contribution in [2.45, 2.75) is 33.9 Å². The Bertz CT molecular complexity index is 595. The van der Waals surface area contributed by atoms with Crippen LogP contribution in [0.5, 0.6) is 0 Å². The average molecular weight is 480 g/mol. The lowest BCUT2D eigenvalue weighted by atomic mass is 10.1. The molecule has 0 saturated carbocycles. The van der Waals surface area contributed by atoms with Gasteiger partial charge in [0.2, 0.25) is 5.91 Å². The molecule has 0 heterocycles. The Hall–Kier alpha value is -1.42. The summed E-state index contributed by atoms with van der Waals surface area (Å²) < 4.78 is 13.4. The second-order valence-corrected chi connectivity index (χ2v) is 5.68. The average Bonchev–Trinajstić information content (AvgIpc) is 2.60. The molecule has 0 atom stereocenters. The van der Waals surface area contributed by atoms with Gasteiger partial charge in [-0.2, -0.15) is 0 Å². The van der Waals surface area contributed by atoms with Crippen molar-refractivity contribution in [3.8, 4) is 0 Å². The van der Waals surface area contributed by atoms with Gasteiger partial charge < -0.3 is 20.2 Å². The molecule has 6 nitrogen and oxygen atoms in total. The number of amides is 1. The number of nitrogens with one attached hydrogen (secondary N) is 1. The topological polar surface area (TPSA) is 68.2 Å². The monoisotopic (exact) mass is 480 g/mol. The summed E-state index contributed by atoms with van der Waals surface area (Å²) in [4.78, 5) is 20.3. The number of aliphatic imine (C=N–C) groups is 1. The lowest BCUT2D eigenvalue weighted by Gasteiger charge is -2.25. The van der Waals surface area contributed by atoms with Crippen LogP contribution in [0, 0.1) is 5.82 Å². The Morgan fingerprint density at radius 3 is 2.46 bits per heavy atom. The first-order valence-electron chi connectivity index (χ1n) is 8.62. The van der Waals surface area contributed by atoms with Gasteiger partial charge in [-0.25, -0.2) is 9.38 Å². The molecule has 0 aromatic heterocycles. The molecule has 148 valence electrons. The summed E-state index contributed by atoms with van der Waals surface area (Å²) in [5.41, 5.74) is 1.05. The van der Waals surface area contributed by atoms with Gasteiger partial charge in [0.05, 0.1) is 19.7 Å². The van der Waals surface area contributed by atoms with E-state index in [-0.39, 0.29) is 48.6 Å². The number of hydrogen-bond donors (Lipinski definition) is 2. The molecule has 0 radical (unpaired) electrons. The molecule has 1 aromatic rings. The maximum absolute atomic E-state index is 13.4. The standard InChI is InChI=1S/C18H29FN4O2.HI/c1-5-20-18(22(4)12-17(25)23(6-2)7-3)21-11-14-8-9-16(19)15(10-14)13-24;/h8-10,24H,5-7,11-13H2,1-4H3,(H,20,21);1H. The molecule has 0 spiro atoms. The van der Waals surface area contributed by atoms with E-state index in [0.717, 1.165) is 5.56 Å². The van der Waals surface area contributed by atoms with Gasteiger partial charge in [-0.05, 0) is 38.5 Å². The van der Waals surface area contributed by atoms with Gasteiger partial charge >= 0.3 is 0 Å². The van der Waals surface area contributed by atoms with Crippen molar-refractivity contribution in [2.75, 3.05) is 33.2 Å². The minimum atomic E-state index is -0.427. The molecule has 1 rings (SSSR count). The Morgan fingerprint density at radius 1 is 1.27 bits per heavy atom. The van der Waals surface area contributed by atoms with E-state index in [1.165, 1.54) is 6.07 Å². The number of halogens is 2. The number of hydrogen-bond acceptors (Lipinski definition) is 3. The summed E-state index contributed by atoms with van der Waals surface area (Å²) >= 11 is 0. The zero-order valence-corrected chi connectivity index (χ0v) is 18.3. The largest absolute Gasteiger partial charge is 0.392 e. The molecule has 0 unspecified atom stereocenters. The van der Waals surface area contributed by atoms with Crippen molar-refractivity contribution in [1.82, 2.24) is 15.1 Å². The van der Waals surface area contributed by atoms with Crippen molar-refractivity contribution in [3.05, 3.63) is 35.1 Å². The summed E-state index contributed by atoms with van der Waals surface area (Å²) in [7, 11) is 1.81. The molecule has 1 amide bonds. The van der Waals surface area contributed by atoms with Crippen LogP contribution in [-0.4, -0.2) is 60.0 Å². The number of carbonyl (C=O) groups excluding carboxylic acids is 1. The summed E-state index contributed by atoms with van der Waals surface area (Å²) in [5.74, 6) is 0.226. The number of nitrogens with zero attached hydrogens (tertiary/aromatic N) is 3. The lowest BCUT2D eigenvalue weighted by molar-refractivity contribution is -0.131. The van der Waals surface area contributed by atoms with Crippen LogP contribution in [0.4, 0.5) is 4.39 Å². The van der Waals surface area contributed by atoms with E-state index >= 15 is 0 Å². The van der Waals surface area contributed by atoms with E-state index in [1.54, 1.807) is 21.9 Å². The SMILES string of the molecule is CCNC(=NCc1ccc(F)c(CO)c1)N(C)CC(=O)N(CC)CC.I. The number of guanidine groups is 1. The predicted octanol–water partition coefficient (Wildman–Crippen LogP) is 2.20. The number of carbonyl (C=O) groups is 1. The molecule has 2 N–H and O–H groups in total. The fraction of sp³-hybridized carbons (Fsp3) is 0.556. The number of benzene rings is 1. The molecule has 26 heavy (non-hydrogen) atoms. The van der Waals surface area contributed by atoms with Crippen LogP contribution in [0.1, 0.15) is 31.9 Å². The highest BCUT2D eigenvalue weighted by Gasteiger charge is 2.15. The van der Waals surface area contributed by atoms with E-state index in [0.29, 0.717) is 32.1 Å². The second-order valence-electron chi connectivity index (χ2n) is 5.68. The van der Waals surface area contributed by atoms with E-state index in [2.05, 4.69) is 10.3 Å². The molecule has 8 heteroatoms. The van der Waals surface area contributed by atoms with Crippen molar-refractivity contribution in [1.29, 1.82) is 0 Å². The Morgan fingerprint density at radius 2 is 1.92 bits per heavy atom. The molecule has 0 aliphatic carbocycles. The molecular weight excluding hydrogens is 450 g/mol. The van der Waals surface area contributed by atoms with E-state index in [1.807, 2.05) is 27.8 Å². The van der Waals surface area contributed by atoms with Gasteiger partial charge in [0.1, 0.15) is 5.82 Å². The Kier molecular flexibility index (Phi) is 12.2. The summed E-state index contributed by atoms with van der Waals surface area (Å²) in [6.45, 7) is 8.11. The van der Waals surface area contributed by atoms with E-state index in [9.17, 15) is 9.18 Å². The summed E-state index contributed by atoms with van der Waals surface area (Å²) in [6.07, 6.45) is 0. The molecule has 0 bridgehead atoms. The minimum absolute atomic E-state index is 0. The highest BCUT2D eigenvalue weighted by molar-refractivity contribution is 14.0. The molecule has 1 aromatic carbocycles. The third-order valence-electron chi connectivity index (χ3n) is 3.88. The van der Waals surface area contributed by atoms with Crippen molar-refractivity contribution < 1.29 is 14.3 Å². The van der Waals surface area contributed by atoms with Crippen LogP contribution < -0.4 is 5.32 Å². The molecule has 0 aliphatic heterocycles. The van der Waals surface area contributed by atoms with Crippen LogP contribution in [0.15, 0.2) is 23.2 Å². The third kappa shape index (κ3) is 7.45. The summed E-state index contributed by atoms with van der Waals surface area (Å²) in [5, 5.41) is 12.3. The van der Waals surface area contributed by atoms with Crippen molar-refractivity contribution in [3.63, 3.8) is 0 Å².